The van der Waals surface area contributed by atoms with Crippen LogP contribution in [0, 0.1) is 39.9 Å². The third-order valence-electron chi connectivity index (χ3n) is 14.3. The molecule has 0 aromatic rings. The van der Waals surface area contributed by atoms with Crippen LogP contribution in [0.1, 0.15) is 125 Å². The van der Waals surface area contributed by atoms with Gasteiger partial charge in [-0.05, 0) is 134 Å². The maximum atomic E-state index is 13.5. The number of hydrogen-bond donors (Lipinski definition) is 0. The summed E-state index contributed by atoms with van der Waals surface area (Å²) < 4.78 is 13.9. The van der Waals surface area contributed by atoms with E-state index < -0.39 is 5.41 Å². The predicted molar refractivity (Wildman–Crippen MR) is 170 cm³/mol. The number of carbonyl (C=O) groups excluding carboxylic acids is 2. The van der Waals surface area contributed by atoms with E-state index >= 15 is 0 Å². The Balaban J connectivity index is 1.30. The molecular formula is C37H63N2O4+. The van der Waals surface area contributed by atoms with Gasteiger partial charge < -0.3 is 14.0 Å². The number of rotatable bonds is 4. The van der Waals surface area contributed by atoms with Crippen molar-refractivity contribution < 1.29 is 23.5 Å². The molecule has 6 nitrogen and oxygen atoms in total. The minimum atomic E-state index is -0.480. The Bertz CT molecular complexity index is 1040. The van der Waals surface area contributed by atoms with Gasteiger partial charge in [0.05, 0.1) is 25.6 Å². The van der Waals surface area contributed by atoms with E-state index in [1.165, 1.54) is 90.1 Å². The minimum Gasteiger partial charge on any atom is -0.461 e. The van der Waals surface area contributed by atoms with Gasteiger partial charge in [-0.1, -0.05) is 20.3 Å². The monoisotopic (exact) mass is 599 g/mol. The zero-order valence-corrected chi connectivity index (χ0v) is 28.7. The second kappa shape index (κ2) is 11.6. The van der Waals surface area contributed by atoms with Gasteiger partial charge in [0, 0.05) is 24.8 Å². The molecule has 4 saturated carbocycles. The number of likely N-dealkylation sites (tertiary alicyclic amines) is 2. The summed E-state index contributed by atoms with van der Waals surface area (Å²) in [5.41, 5.74) is -0.148. The highest BCUT2D eigenvalue weighted by atomic mass is 16.6. The van der Waals surface area contributed by atoms with Gasteiger partial charge in [-0.15, -0.1) is 0 Å². The molecule has 2 saturated heterocycles. The topological polar surface area (TPSA) is 55.8 Å². The van der Waals surface area contributed by atoms with Crippen molar-refractivity contribution >= 4 is 11.9 Å². The van der Waals surface area contributed by atoms with Gasteiger partial charge in [-0.25, -0.2) is 0 Å². The lowest BCUT2D eigenvalue weighted by Gasteiger charge is -2.62. The van der Waals surface area contributed by atoms with Crippen molar-refractivity contribution in [3.63, 3.8) is 0 Å². The molecule has 2 heterocycles. The van der Waals surface area contributed by atoms with Crippen LogP contribution in [0.3, 0.4) is 0 Å². The number of quaternary nitrogens is 1. The maximum absolute atomic E-state index is 13.5. The molecule has 6 aliphatic rings. The molecule has 5 unspecified atom stereocenters. The fraction of sp³-hybridized carbons (Fsp3) is 0.946. The number of fused-ring (bicyclic) bond motifs is 5. The van der Waals surface area contributed by atoms with Gasteiger partial charge in [-0.3, -0.25) is 14.5 Å². The van der Waals surface area contributed by atoms with Crippen LogP contribution in [0.4, 0.5) is 0 Å². The molecule has 0 aromatic heterocycles. The number of hydrogen-bond acceptors (Lipinski definition) is 5. The first kappa shape index (κ1) is 31.8. The van der Waals surface area contributed by atoms with Crippen LogP contribution in [0.15, 0.2) is 0 Å². The number of carbonyl (C=O) groups is 2. The smallest absolute Gasteiger partial charge is 0.311 e. The zero-order chi connectivity index (χ0) is 30.8. The molecule has 10 atom stereocenters. The Morgan fingerprint density at radius 2 is 1.51 bits per heavy atom. The molecule has 0 radical (unpaired) electrons. The van der Waals surface area contributed by atoms with E-state index in [2.05, 4.69) is 25.8 Å². The lowest BCUT2D eigenvalue weighted by molar-refractivity contribution is -0.940. The summed E-state index contributed by atoms with van der Waals surface area (Å²) in [6, 6.07) is 0.763. The first-order chi connectivity index (χ1) is 20.3. The van der Waals surface area contributed by atoms with Crippen LogP contribution >= 0.6 is 0 Å². The normalized spacial score (nSPS) is 44.9. The van der Waals surface area contributed by atoms with Crippen molar-refractivity contribution in [2.45, 2.75) is 149 Å². The van der Waals surface area contributed by atoms with Gasteiger partial charge in [0.15, 0.2) is 6.10 Å². The molecule has 0 bridgehead atoms. The summed E-state index contributed by atoms with van der Waals surface area (Å²) in [4.78, 5) is 28.5. The maximum Gasteiger partial charge on any atom is 0.311 e. The van der Waals surface area contributed by atoms with Gasteiger partial charge in [0.25, 0.3) is 0 Å². The summed E-state index contributed by atoms with van der Waals surface area (Å²) in [6.07, 6.45) is 16.2. The van der Waals surface area contributed by atoms with Crippen LogP contribution in [0.25, 0.3) is 0 Å². The predicted octanol–water partition coefficient (Wildman–Crippen LogP) is 6.99. The summed E-state index contributed by atoms with van der Waals surface area (Å²) >= 11 is 0. The Kier molecular flexibility index (Phi) is 8.57. The SMILES string of the molecule is CC(=O)OC1CC2CC[C@@H]3[C@@H](CC[C@]4(C)C(OC(=O)C(C)(C)C)C([N+]5(C)CCCCC5)C[C@@H]34)[C@@]2(C)CC1N1CCCCC1. The van der Waals surface area contributed by atoms with Gasteiger partial charge in [-0.2, -0.15) is 0 Å². The van der Waals surface area contributed by atoms with E-state index in [4.69, 9.17) is 9.47 Å². The second-order valence-electron chi connectivity index (χ2n) is 17.8. The van der Waals surface area contributed by atoms with Crippen molar-refractivity contribution in [3.05, 3.63) is 0 Å². The van der Waals surface area contributed by atoms with Crippen molar-refractivity contribution in [2.24, 2.45) is 39.9 Å². The van der Waals surface area contributed by atoms with E-state index in [0.717, 1.165) is 24.0 Å². The summed E-state index contributed by atoms with van der Waals surface area (Å²) in [7, 11) is 2.48. The third kappa shape index (κ3) is 5.61. The van der Waals surface area contributed by atoms with Crippen LogP contribution < -0.4 is 0 Å². The van der Waals surface area contributed by atoms with E-state index in [-0.39, 0.29) is 35.0 Å². The van der Waals surface area contributed by atoms with Crippen LogP contribution in [-0.2, 0) is 19.1 Å². The first-order valence-electron chi connectivity index (χ1n) is 18.2. The number of esters is 2. The standard InChI is InChI=1S/C37H63N2O4/c1-25(40)42-32-22-26-14-15-27-28(37(26,6)24-30(32)38-18-10-8-11-19-38)16-17-36(5)29(27)23-31(39(7)20-12-9-13-21-39)33(36)43-34(41)35(2,3)4/h26-33H,8-24H2,1-7H3/q+1/t26?,27-,28-,29+,30?,31?,32?,33?,36+,37+/m1/s1. The summed E-state index contributed by atoms with van der Waals surface area (Å²) in [5, 5.41) is 0. The van der Waals surface area contributed by atoms with E-state index in [0.29, 0.717) is 35.8 Å². The summed E-state index contributed by atoms with van der Waals surface area (Å²) in [5.74, 6) is 2.52. The molecule has 6 heteroatoms. The summed E-state index contributed by atoms with van der Waals surface area (Å²) in [6.45, 7) is 17.5. The number of piperidine rings is 2. The van der Waals surface area contributed by atoms with Crippen LogP contribution in [0.5, 0.6) is 0 Å². The highest BCUT2D eigenvalue weighted by Crippen LogP contribution is 2.68. The molecule has 43 heavy (non-hydrogen) atoms. The molecule has 0 amide bonds. The molecule has 6 fully saturated rings. The second-order valence-corrected chi connectivity index (χ2v) is 17.8. The van der Waals surface area contributed by atoms with E-state index in [1.807, 2.05) is 20.8 Å². The molecule has 0 aromatic carbocycles. The molecule has 0 spiro atoms. The van der Waals surface area contributed by atoms with E-state index in [9.17, 15) is 9.59 Å². The molecule has 244 valence electrons. The largest absolute Gasteiger partial charge is 0.461 e. The van der Waals surface area contributed by atoms with Gasteiger partial charge >= 0.3 is 11.9 Å². The molecule has 4 aliphatic carbocycles. The molecular weight excluding hydrogens is 536 g/mol. The van der Waals surface area contributed by atoms with Crippen molar-refractivity contribution in [3.8, 4) is 0 Å². The van der Waals surface area contributed by atoms with Crippen molar-refractivity contribution in [1.29, 1.82) is 0 Å². The Hall–Kier alpha value is -1.14. The molecule has 2 aliphatic heterocycles. The Morgan fingerprint density at radius 3 is 2.16 bits per heavy atom. The number of likely N-dealkylation sites (N-methyl/N-ethyl adjacent to an activating group) is 1. The zero-order valence-electron chi connectivity index (χ0n) is 28.7. The molecule has 0 N–H and O–H groups in total. The van der Waals surface area contributed by atoms with E-state index in [1.54, 1.807) is 6.92 Å². The van der Waals surface area contributed by atoms with Gasteiger partial charge in [0.1, 0.15) is 12.1 Å². The Morgan fingerprint density at radius 1 is 0.837 bits per heavy atom. The quantitative estimate of drug-likeness (QED) is 0.258. The first-order valence-corrected chi connectivity index (χ1v) is 18.2. The third-order valence-corrected chi connectivity index (χ3v) is 14.3. The lowest BCUT2D eigenvalue weighted by Crippen LogP contribution is -2.61. The Labute approximate surface area is 262 Å². The number of nitrogens with zero attached hydrogens (tertiary/aromatic N) is 2. The fourth-order valence-corrected chi connectivity index (χ4v) is 11.8. The van der Waals surface area contributed by atoms with Crippen LogP contribution in [0.2, 0.25) is 0 Å². The van der Waals surface area contributed by atoms with Gasteiger partial charge in [0.2, 0.25) is 0 Å². The number of ether oxygens (including phenoxy) is 2. The average molecular weight is 600 g/mol. The highest BCUT2D eigenvalue weighted by molar-refractivity contribution is 5.75. The van der Waals surface area contributed by atoms with Crippen LogP contribution in [-0.4, -0.2) is 78.8 Å². The highest BCUT2D eigenvalue weighted by Gasteiger charge is 2.67. The average Bonchev–Trinajstić information content (AvgIpc) is 3.26. The lowest BCUT2D eigenvalue weighted by atomic mass is 9.44. The fourth-order valence-electron chi connectivity index (χ4n) is 11.8. The minimum absolute atomic E-state index is 0.0135. The van der Waals surface area contributed by atoms with Crippen molar-refractivity contribution in [2.75, 3.05) is 33.2 Å². The van der Waals surface area contributed by atoms with Crippen molar-refractivity contribution in [1.82, 2.24) is 4.90 Å². The molecule has 6 rings (SSSR count).